The molecule has 0 unspecified atom stereocenters. The average molecular weight is 235 g/mol. The van der Waals surface area contributed by atoms with Gasteiger partial charge in [-0.2, -0.15) is 0 Å². The van der Waals surface area contributed by atoms with Crippen LogP contribution in [0.5, 0.6) is 0 Å². The average Bonchev–Trinajstić information content (AvgIpc) is 2.67. The van der Waals surface area contributed by atoms with E-state index in [2.05, 4.69) is 15.3 Å². The van der Waals surface area contributed by atoms with Gasteiger partial charge in [-0.05, 0) is 32.3 Å². The predicted octanol–water partition coefficient (Wildman–Crippen LogP) is 1.46. The zero-order valence-corrected chi connectivity index (χ0v) is 10.2. The minimum Gasteiger partial charge on any atom is -0.381 e. The van der Waals surface area contributed by atoms with Crippen LogP contribution >= 0.6 is 0 Å². The van der Waals surface area contributed by atoms with Crippen LogP contribution in [0.15, 0.2) is 6.07 Å². The Bertz CT molecular complexity index is 394. The van der Waals surface area contributed by atoms with E-state index in [0.717, 1.165) is 24.4 Å². The van der Waals surface area contributed by atoms with Crippen molar-refractivity contribution in [3.63, 3.8) is 0 Å². The van der Waals surface area contributed by atoms with Gasteiger partial charge in [-0.1, -0.05) is 0 Å². The smallest absolute Gasteiger partial charge is 0.229 e. The molecule has 5 nitrogen and oxygen atoms in total. The molecular weight excluding hydrogens is 218 g/mol. The lowest BCUT2D eigenvalue weighted by molar-refractivity contribution is -0.117. The first-order valence-corrected chi connectivity index (χ1v) is 5.83. The molecule has 5 heteroatoms. The van der Waals surface area contributed by atoms with E-state index in [9.17, 15) is 4.79 Å². The van der Waals surface area contributed by atoms with Gasteiger partial charge in [0.25, 0.3) is 0 Å². The lowest BCUT2D eigenvalue weighted by Gasteiger charge is -2.08. The van der Waals surface area contributed by atoms with Gasteiger partial charge >= 0.3 is 0 Å². The van der Waals surface area contributed by atoms with Crippen molar-refractivity contribution in [3.8, 4) is 0 Å². The number of hydrogen-bond donors (Lipinski definition) is 1. The van der Waals surface area contributed by atoms with Crippen molar-refractivity contribution in [1.82, 2.24) is 9.97 Å². The van der Waals surface area contributed by atoms with Crippen molar-refractivity contribution in [2.45, 2.75) is 26.7 Å². The van der Waals surface area contributed by atoms with Crippen LogP contribution < -0.4 is 5.32 Å². The summed E-state index contributed by atoms with van der Waals surface area (Å²) in [5.41, 5.74) is 1.72. The third-order valence-electron chi connectivity index (χ3n) is 2.73. The molecule has 1 aromatic rings. The minimum absolute atomic E-state index is 0.0366. The fourth-order valence-electron chi connectivity index (χ4n) is 1.96. The molecule has 2 heterocycles. The van der Waals surface area contributed by atoms with Crippen LogP contribution in [0.2, 0.25) is 0 Å². The van der Waals surface area contributed by atoms with Crippen molar-refractivity contribution in [2.24, 2.45) is 5.92 Å². The summed E-state index contributed by atoms with van der Waals surface area (Å²) in [5.74, 6) is 0.692. The molecule has 0 radical (unpaired) electrons. The van der Waals surface area contributed by atoms with E-state index in [1.807, 2.05) is 19.9 Å². The Morgan fingerprint density at radius 2 is 2.18 bits per heavy atom. The van der Waals surface area contributed by atoms with Crippen LogP contribution in [-0.2, 0) is 9.53 Å². The number of aryl methyl sites for hydroxylation is 2. The van der Waals surface area contributed by atoms with Gasteiger partial charge in [-0.3, -0.25) is 10.1 Å². The van der Waals surface area contributed by atoms with E-state index >= 15 is 0 Å². The summed E-state index contributed by atoms with van der Waals surface area (Å²) in [5, 5.41) is 2.73. The lowest BCUT2D eigenvalue weighted by atomic mass is 10.1. The van der Waals surface area contributed by atoms with Gasteiger partial charge in [0, 0.05) is 31.0 Å². The molecule has 1 aliphatic heterocycles. The van der Waals surface area contributed by atoms with Crippen LogP contribution in [0.3, 0.4) is 0 Å². The number of carbonyl (C=O) groups excluding carboxylic acids is 1. The second-order valence-corrected chi connectivity index (χ2v) is 4.46. The Balaban J connectivity index is 1.92. The van der Waals surface area contributed by atoms with Crippen LogP contribution in [0.1, 0.15) is 24.2 Å². The highest BCUT2D eigenvalue weighted by molar-refractivity contribution is 5.89. The second-order valence-electron chi connectivity index (χ2n) is 4.46. The molecular formula is C12H17N3O2. The van der Waals surface area contributed by atoms with Gasteiger partial charge in [-0.15, -0.1) is 0 Å². The van der Waals surface area contributed by atoms with Crippen molar-refractivity contribution >= 4 is 11.9 Å². The molecule has 1 saturated heterocycles. The van der Waals surface area contributed by atoms with E-state index in [4.69, 9.17) is 4.74 Å². The van der Waals surface area contributed by atoms with Crippen molar-refractivity contribution < 1.29 is 9.53 Å². The van der Waals surface area contributed by atoms with Crippen LogP contribution in [-0.4, -0.2) is 29.1 Å². The first-order valence-electron chi connectivity index (χ1n) is 5.83. The zero-order valence-electron chi connectivity index (χ0n) is 10.2. The fraction of sp³-hybridized carbons (Fsp3) is 0.583. The SMILES string of the molecule is Cc1cc(C)nc(NC(=O)C[C@H]2CCOC2)n1. The highest BCUT2D eigenvalue weighted by Crippen LogP contribution is 2.16. The number of nitrogens with zero attached hydrogens (tertiary/aromatic N) is 2. The molecule has 0 spiro atoms. The maximum absolute atomic E-state index is 11.7. The standard InChI is InChI=1S/C12H17N3O2/c1-8-5-9(2)14-12(13-8)15-11(16)6-10-3-4-17-7-10/h5,10H,3-4,6-7H2,1-2H3,(H,13,14,15,16)/t10-/m1/s1. The summed E-state index contributed by atoms with van der Waals surface area (Å²) in [4.78, 5) is 20.1. The zero-order chi connectivity index (χ0) is 12.3. The first-order chi connectivity index (χ1) is 8.13. The highest BCUT2D eigenvalue weighted by atomic mass is 16.5. The molecule has 0 aromatic carbocycles. The predicted molar refractivity (Wildman–Crippen MR) is 63.7 cm³/mol. The Hall–Kier alpha value is -1.49. The van der Waals surface area contributed by atoms with E-state index in [1.54, 1.807) is 0 Å². The van der Waals surface area contributed by atoms with Crippen molar-refractivity contribution in [1.29, 1.82) is 0 Å². The fourth-order valence-corrected chi connectivity index (χ4v) is 1.96. The number of rotatable bonds is 3. The third kappa shape index (κ3) is 3.49. The van der Waals surface area contributed by atoms with E-state index < -0.39 is 0 Å². The summed E-state index contributed by atoms with van der Waals surface area (Å²) < 4.78 is 5.24. The molecule has 1 atom stereocenters. The molecule has 92 valence electrons. The van der Waals surface area contributed by atoms with Gasteiger partial charge in [0.05, 0.1) is 0 Å². The molecule has 1 amide bonds. The minimum atomic E-state index is -0.0366. The molecule has 1 aliphatic rings. The summed E-state index contributed by atoms with van der Waals surface area (Å²) in [6.07, 6.45) is 1.44. The molecule has 1 N–H and O–H groups in total. The molecule has 2 rings (SSSR count). The van der Waals surface area contributed by atoms with E-state index in [1.165, 1.54) is 0 Å². The number of ether oxygens (including phenoxy) is 1. The Morgan fingerprint density at radius 3 is 2.76 bits per heavy atom. The van der Waals surface area contributed by atoms with Crippen molar-refractivity contribution in [2.75, 3.05) is 18.5 Å². The van der Waals surface area contributed by atoms with Crippen LogP contribution in [0.25, 0.3) is 0 Å². The quantitative estimate of drug-likeness (QED) is 0.861. The van der Waals surface area contributed by atoms with E-state index in [-0.39, 0.29) is 5.91 Å². The molecule has 1 fully saturated rings. The summed E-state index contributed by atoms with van der Waals surface area (Å²) >= 11 is 0. The lowest BCUT2D eigenvalue weighted by Crippen LogP contribution is -2.18. The first kappa shape index (κ1) is 12.0. The molecule has 0 bridgehead atoms. The largest absolute Gasteiger partial charge is 0.381 e. The number of hydrogen-bond acceptors (Lipinski definition) is 4. The maximum atomic E-state index is 11.7. The van der Waals surface area contributed by atoms with Gasteiger partial charge in [-0.25, -0.2) is 9.97 Å². The highest BCUT2D eigenvalue weighted by Gasteiger charge is 2.19. The second kappa shape index (κ2) is 5.23. The van der Waals surface area contributed by atoms with Gasteiger partial charge < -0.3 is 4.74 Å². The summed E-state index contributed by atoms with van der Waals surface area (Å²) in [6.45, 7) is 5.21. The molecule has 17 heavy (non-hydrogen) atoms. The maximum Gasteiger partial charge on any atom is 0.229 e. The third-order valence-corrected chi connectivity index (χ3v) is 2.73. The van der Waals surface area contributed by atoms with Gasteiger partial charge in [0.2, 0.25) is 11.9 Å². The summed E-state index contributed by atoms with van der Waals surface area (Å²) in [7, 11) is 0. The molecule has 0 saturated carbocycles. The number of anilines is 1. The molecule has 1 aromatic heterocycles. The number of aromatic nitrogens is 2. The topological polar surface area (TPSA) is 64.1 Å². The molecule has 0 aliphatic carbocycles. The summed E-state index contributed by atoms with van der Waals surface area (Å²) in [6, 6.07) is 1.88. The Morgan fingerprint density at radius 1 is 1.47 bits per heavy atom. The van der Waals surface area contributed by atoms with E-state index in [0.29, 0.717) is 24.9 Å². The van der Waals surface area contributed by atoms with Crippen LogP contribution in [0, 0.1) is 19.8 Å². The number of nitrogens with one attached hydrogen (secondary N) is 1. The Labute approximate surface area is 101 Å². The number of amides is 1. The number of carbonyl (C=O) groups is 1. The van der Waals surface area contributed by atoms with Gasteiger partial charge in [0.1, 0.15) is 0 Å². The van der Waals surface area contributed by atoms with Crippen LogP contribution in [0.4, 0.5) is 5.95 Å². The van der Waals surface area contributed by atoms with Crippen molar-refractivity contribution in [3.05, 3.63) is 17.5 Å². The van der Waals surface area contributed by atoms with Gasteiger partial charge in [0.15, 0.2) is 0 Å². The monoisotopic (exact) mass is 235 g/mol. The Kier molecular flexibility index (Phi) is 3.68. The normalized spacial score (nSPS) is 19.3.